The zero-order valence-corrected chi connectivity index (χ0v) is 32.4. The first-order valence-corrected chi connectivity index (χ1v) is 19.7. The molecule has 9 aromatic rings. The number of aromatic nitrogens is 3. The van der Waals surface area contributed by atoms with Gasteiger partial charge in [-0.25, -0.2) is 24.9 Å². The summed E-state index contributed by atoms with van der Waals surface area (Å²) in [5.74, 6) is 3.56. The summed E-state index contributed by atoms with van der Waals surface area (Å²) in [7, 11) is 2.07. The van der Waals surface area contributed by atoms with Crippen molar-refractivity contribution in [3.8, 4) is 56.4 Å². The second-order valence-electron chi connectivity index (χ2n) is 14.6. The van der Waals surface area contributed by atoms with Crippen molar-refractivity contribution in [1.82, 2.24) is 19.9 Å². The highest BCUT2D eigenvalue weighted by atomic mass is 15.3. The summed E-state index contributed by atoms with van der Waals surface area (Å²) in [6.45, 7) is 0. The number of nitrogens with zero attached hydrogens (tertiary/aromatic N) is 6. The molecule has 0 amide bonds. The molecule has 0 saturated heterocycles. The van der Waals surface area contributed by atoms with Gasteiger partial charge in [-0.3, -0.25) is 0 Å². The SMILES string of the molecule is CN1C(c2ccc(-c3ccc4ccc(-c5ccc(-c6nc(-c7ccccc7)nc(-c7ccccc7)n6)cc5)cc4c3)cc2)=NC(c2ccccc2)=NC1c1ccccc1. The maximum atomic E-state index is 5.10. The molecule has 6 nitrogen and oxygen atoms in total. The molecule has 280 valence electrons. The van der Waals surface area contributed by atoms with Gasteiger partial charge in [0.05, 0.1) is 0 Å². The van der Waals surface area contributed by atoms with Gasteiger partial charge in [-0.15, -0.1) is 0 Å². The van der Waals surface area contributed by atoms with Gasteiger partial charge in [-0.1, -0.05) is 194 Å². The molecule has 1 atom stereocenters. The maximum Gasteiger partial charge on any atom is 0.164 e. The summed E-state index contributed by atoms with van der Waals surface area (Å²) in [5, 5.41) is 2.37. The lowest BCUT2D eigenvalue weighted by Gasteiger charge is -2.32. The third-order valence-corrected chi connectivity index (χ3v) is 10.8. The molecular weight excluding hydrogens is 721 g/mol. The molecule has 0 spiro atoms. The zero-order valence-electron chi connectivity index (χ0n) is 32.4. The van der Waals surface area contributed by atoms with Crippen LogP contribution in [0, 0.1) is 0 Å². The topological polar surface area (TPSA) is 66.6 Å². The minimum absolute atomic E-state index is 0.187. The van der Waals surface area contributed by atoms with Crippen LogP contribution in [0.25, 0.3) is 67.2 Å². The lowest BCUT2D eigenvalue weighted by atomic mass is 9.96. The normalized spacial score (nSPS) is 13.8. The van der Waals surface area contributed by atoms with E-state index in [2.05, 4.69) is 133 Å². The third kappa shape index (κ3) is 7.31. The first-order valence-electron chi connectivity index (χ1n) is 19.7. The van der Waals surface area contributed by atoms with Gasteiger partial charge >= 0.3 is 0 Å². The Morgan fingerprint density at radius 2 is 0.746 bits per heavy atom. The van der Waals surface area contributed by atoms with Crippen LogP contribution in [0.5, 0.6) is 0 Å². The standard InChI is InChI=1S/C53H38N6/c1-59-52(43-20-12-5-13-21-43)57-51(41-18-10-4-11-19-41)58-53(59)44-30-24-37(25-31-44)46-33-27-38-26-32-45(34-47(38)35-46)36-22-28-42(29-23-36)50-55-48(39-14-6-2-7-15-39)54-49(56-50)40-16-8-3-9-17-40/h2-35,52H,1H3. The molecule has 0 aliphatic carbocycles. The molecule has 1 unspecified atom stereocenters. The van der Waals surface area contributed by atoms with E-state index in [0.29, 0.717) is 17.5 Å². The van der Waals surface area contributed by atoms with Gasteiger partial charge in [0.2, 0.25) is 0 Å². The van der Waals surface area contributed by atoms with E-state index >= 15 is 0 Å². The number of aliphatic imine (C=N–C) groups is 2. The number of amidine groups is 2. The van der Waals surface area contributed by atoms with Crippen LogP contribution in [0.1, 0.15) is 22.9 Å². The average Bonchev–Trinajstić information content (AvgIpc) is 3.32. The summed E-state index contributed by atoms with van der Waals surface area (Å²) in [6, 6.07) is 71.3. The van der Waals surface area contributed by atoms with Crippen molar-refractivity contribution >= 4 is 22.4 Å². The van der Waals surface area contributed by atoms with Gasteiger partial charge in [-0.05, 0) is 50.7 Å². The first kappa shape index (κ1) is 35.6. The molecule has 1 aromatic heterocycles. The van der Waals surface area contributed by atoms with Gasteiger partial charge in [-0.2, -0.15) is 0 Å². The molecule has 0 N–H and O–H groups in total. The summed E-state index contributed by atoms with van der Waals surface area (Å²) in [6.07, 6.45) is -0.187. The Kier molecular flexibility index (Phi) is 9.41. The van der Waals surface area contributed by atoms with Crippen LogP contribution in [0.3, 0.4) is 0 Å². The minimum atomic E-state index is -0.187. The lowest BCUT2D eigenvalue weighted by molar-refractivity contribution is 0.383. The van der Waals surface area contributed by atoms with Crippen LogP contribution in [0.2, 0.25) is 0 Å². The van der Waals surface area contributed by atoms with E-state index in [1.54, 1.807) is 0 Å². The van der Waals surface area contributed by atoms with Crippen molar-refractivity contribution in [2.45, 2.75) is 6.17 Å². The van der Waals surface area contributed by atoms with Gasteiger partial charge in [0, 0.05) is 34.9 Å². The van der Waals surface area contributed by atoms with Gasteiger partial charge in [0.25, 0.3) is 0 Å². The van der Waals surface area contributed by atoms with Crippen LogP contribution in [-0.4, -0.2) is 38.6 Å². The second kappa shape index (κ2) is 15.6. The van der Waals surface area contributed by atoms with Crippen molar-refractivity contribution in [3.63, 3.8) is 0 Å². The highest BCUT2D eigenvalue weighted by molar-refractivity contribution is 6.13. The van der Waals surface area contributed by atoms with Crippen LogP contribution in [0.15, 0.2) is 216 Å². The Hall–Kier alpha value is -7.83. The Balaban J connectivity index is 0.932. The highest BCUT2D eigenvalue weighted by Crippen LogP contribution is 2.33. The second-order valence-corrected chi connectivity index (χ2v) is 14.6. The van der Waals surface area contributed by atoms with E-state index in [1.807, 2.05) is 84.9 Å². The van der Waals surface area contributed by atoms with E-state index in [4.69, 9.17) is 24.9 Å². The van der Waals surface area contributed by atoms with E-state index in [1.165, 1.54) is 10.8 Å². The zero-order chi connectivity index (χ0) is 39.5. The van der Waals surface area contributed by atoms with Gasteiger partial charge in [0.15, 0.2) is 23.3 Å². The van der Waals surface area contributed by atoms with Crippen molar-refractivity contribution in [2.75, 3.05) is 7.05 Å². The van der Waals surface area contributed by atoms with Crippen molar-refractivity contribution in [2.24, 2.45) is 9.98 Å². The Morgan fingerprint density at radius 3 is 1.24 bits per heavy atom. The van der Waals surface area contributed by atoms with E-state index in [-0.39, 0.29) is 6.17 Å². The van der Waals surface area contributed by atoms with E-state index in [9.17, 15) is 0 Å². The van der Waals surface area contributed by atoms with Crippen LogP contribution >= 0.6 is 0 Å². The van der Waals surface area contributed by atoms with E-state index in [0.717, 1.165) is 67.3 Å². The van der Waals surface area contributed by atoms with Gasteiger partial charge in [0.1, 0.15) is 12.0 Å². The Bertz CT molecular complexity index is 2910. The quantitative estimate of drug-likeness (QED) is 0.155. The summed E-state index contributed by atoms with van der Waals surface area (Å²) in [5.41, 5.74) is 10.6. The number of hydrogen-bond donors (Lipinski definition) is 0. The van der Waals surface area contributed by atoms with Crippen LogP contribution < -0.4 is 0 Å². The molecule has 59 heavy (non-hydrogen) atoms. The monoisotopic (exact) mass is 758 g/mol. The molecule has 1 aliphatic rings. The number of rotatable bonds is 8. The summed E-state index contributed by atoms with van der Waals surface area (Å²) >= 11 is 0. The molecule has 6 heteroatoms. The summed E-state index contributed by atoms with van der Waals surface area (Å²) < 4.78 is 0. The molecule has 1 aliphatic heterocycles. The predicted octanol–water partition coefficient (Wildman–Crippen LogP) is 12.2. The molecule has 0 saturated carbocycles. The molecule has 0 bridgehead atoms. The Morgan fingerprint density at radius 1 is 0.356 bits per heavy atom. The van der Waals surface area contributed by atoms with Gasteiger partial charge < -0.3 is 4.90 Å². The molecule has 8 aromatic carbocycles. The number of hydrogen-bond acceptors (Lipinski definition) is 6. The molecule has 2 heterocycles. The molecule has 0 fully saturated rings. The lowest BCUT2D eigenvalue weighted by Crippen LogP contribution is -2.35. The fourth-order valence-electron chi connectivity index (χ4n) is 7.61. The van der Waals surface area contributed by atoms with E-state index < -0.39 is 0 Å². The van der Waals surface area contributed by atoms with Crippen LogP contribution in [-0.2, 0) is 0 Å². The van der Waals surface area contributed by atoms with Crippen molar-refractivity contribution in [3.05, 3.63) is 223 Å². The fraction of sp³-hybridized carbons (Fsp3) is 0.0377. The first-order chi connectivity index (χ1) is 29.1. The maximum absolute atomic E-state index is 5.10. The highest BCUT2D eigenvalue weighted by Gasteiger charge is 2.26. The molecule has 10 rings (SSSR count). The van der Waals surface area contributed by atoms with Crippen molar-refractivity contribution < 1.29 is 0 Å². The minimum Gasteiger partial charge on any atom is -0.333 e. The molecular formula is C53H38N6. The summed E-state index contributed by atoms with van der Waals surface area (Å²) in [4.78, 5) is 27.0. The fourth-order valence-corrected chi connectivity index (χ4v) is 7.61. The van der Waals surface area contributed by atoms with Crippen molar-refractivity contribution in [1.29, 1.82) is 0 Å². The number of benzene rings is 8. The Labute approximate surface area is 343 Å². The predicted molar refractivity (Wildman–Crippen MR) is 241 cm³/mol. The number of fused-ring (bicyclic) bond motifs is 1. The average molecular weight is 759 g/mol. The largest absolute Gasteiger partial charge is 0.333 e. The smallest absolute Gasteiger partial charge is 0.164 e. The molecule has 0 radical (unpaired) electrons. The third-order valence-electron chi connectivity index (χ3n) is 10.8. The van der Waals surface area contributed by atoms with Crippen LogP contribution in [0.4, 0.5) is 0 Å².